The monoisotopic (exact) mass is 554 g/mol. The first-order chi connectivity index (χ1) is 19.0. The molecular weight excluding hydrogens is 530 g/mol. The zero-order chi connectivity index (χ0) is 26.9. The summed E-state index contributed by atoms with van der Waals surface area (Å²) in [7, 11) is 0. The van der Waals surface area contributed by atoms with Crippen LogP contribution in [0.15, 0.2) is 46.9 Å². The molecule has 1 aromatic carbocycles. The van der Waals surface area contributed by atoms with Crippen molar-refractivity contribution >= 4 is 34.7 Å². The lowest BCUT2D eigenvalue weighted by atomic mass is 10.0. The van der Waals surface area contributed by atoms with E-state index < -0.39 is 11.6 Å². The van der Waals surface area contributed by atoms with E-state index in [4.69, 9.17) is 25.5 Å². The number of hydrogen-bond acceptors (Lipinski definition) is 7. The smallest absolute Gasteiger partial charge is 0.251 e. The van der Waals surface area contributed by atoms with Crippen molar-refractivity contribution in [1.29, 1.82) is 0 Å². The predicted octanol–water partition coefficient (Wildman–Crippen LogP) is 5.43. The maximum Gasteiger partial charge on any atom is 0.251 e. The Hall–Kier alpha value is -3.60. The molecule has 1 saturated heterocycles. The summed E-state index contributed by atoms with van der Waals surface area (Å²) in [5.41, 5.74) is 3.09. The van der Waals surface area contributed by atoms with Gasteiger partial charge in [-0.15, -0.1) is 0 Å². The zero-order valence-electron chi connectivity index (χ0n) is 20.9. The standard InChI is InChI=1S/C28H25ClF2N4O4/c29-19-2-1-18(23(31)11-19)16-38-27-22(30)3-4-24(32-27)17-5-8-34(9-6-17)14-26-33-28-25(12-21(15-36)39-28)35(26)13-20-7-10-37-20/h1-5,11-12,15,20H,6-10,13-14,16H2. The van der Waals surface area contributed by atoms with Gasteiger partial charge in [0.1, 0.15) is 23.8 Å². The molecule has 0 bridgehead atoms. The van der Waals surface area contributed by atoms with Crippen LogP contribution in [-0.4, -0.2) is 51.5 Å². The van der Waals surface area contributed by atoms with E-state index in [-0.39, 0.29) is 34.9 Å². The van der Waals surface area contributed by atoms with Gasteiger partial charge in [-0.1, -0.05) is 23.7 Å². The first-order valence-corrected chi connectivity index (χ1v) is 13.1. The molecule has 6 rings (SSSR count). The number of nitrogens with zero attached hydrogens (tertiary/aromatic N) is 4. The van der Waals surface area contributed by atoms with Gasteiger partial charge in [0.15, 0.2) is 17.9 Å². The van der Waals surface area contributed by atoms with Gasteiger partial charge in [-0.05, 0) is 42.7 Å². The van der Waals surface area contributed by atoms with Crippen LogP contribution in [0.25, 0.3) is 16.8 Å². The average Bonchev–Trinajstić information content (AvgIpc) is 3.44. The molecule has 5 heterocycles. The van der Waals surface area contributed by atoms with E-state index in [1.165, 1.54) is 18.2 Å². The number of aldehydes is 1. The van der Waals surface area contributed by atoms with Gasteiger partial charge in [0.05, 0.1) is 24.9 Å². The van der Waals surface area contributed by atoms with Gasteiger partial charge < -0.3 is 18.5 Å². The molecule has 0 spiro atoms. The molecule has 1 fully saturated rings. The molecule has 3 aromatic heterocycles. The molecule has 0 radical (unpaired) electrons. The predicted molar refractivity (Wildman–Crippen MR) is 140 cm³/mol. The summed E-state index contributed by atoms with van der Waals surface area (Å²) in [6.45, 7) is 3.22. The first-order valence-electron chi connectivity index (χ1n) is 12.7. The fraction of sp³-hybridized carbons (Fsp3) is 0.321. The summed E-state index contributed by atoms with van der Waals surface area (Å²) in [5, 5.41) is 0.276. The molecule has 0 aliphatic carbocycles. The molecule has 202 valence electrons. The van der Waals surface area contributed by atoms with Crippen molar-refractivity contribution in [3.8, 4) is 5.88 Å². The van der Waals surface area contributed by atoms with Gasteiger partial charge in [0, 0.05) is 36.3 Å². The van der Waals surface area contributed by atoms with Crippen LogP contribution < -0.4 is 4.74 Å². The van der Waals surface area contributed by atoms with E-state index in [0.717, 1.165) is 36.5 Å². The minimum absolute atomic E-state index is 0.126. The Morgan fingerprint density at radius 2 is 2.03 bits per heavy atom. The fourth-order valence-corrected chi connectivity index (χ4v) is 4.93. The second-order valence-corrected chi connectivity index (χ2v) is 10.0. The second kappa shape index (κ2) is 10.9. The number of imidazole rings is 1. The topological polar surface area (TPSA) is 82.6 Å². The van der Waals surface area contributed by atoms with Gasteiger partial charge in [-0.3, -0.25) is 9.69 Å². The number of carbonyl (C=O) groups excluding carboxylic acids is 1. The lowest BCUT2D eigenvalue weighted by Crippen LogP contribution is -2.33. The molecule has 0 saturated carbocycles. The molecule has 8 nitrogen and oxygen atoms in total. The van der Waals surface area contributed by atoms with Crippen LogP contribution >= 0.6 is 11.6 Å². The van der Waals surface area contributed by atoms with Crippen LogP contribution in [0.2, 0.25) is 5.02 Å². The Labute approximate surface area is 227 Å². The van der Waals surface area contributed by atoms with Gasteiger partial charge in [0.25, 0.3) is 5.88 Å². The molecule has 2 aliphatic rings. The second-order valence-electron chi connectivity index (χ2n) is 9.60. The van der Waals surface area contributed by atoms with E-state index in [0.29, 0.717) is 43.7 Å². The van der Waals surface area contributed by atoms with Crippen molar-refractivity contribution in [3.05, 3.63) is 82.0 Å². The minimum atomic E-state index is -0.615. The van der Waals surface area contributed by atoms with Crippen LogP contribution in [0.3, 0.4) is 0 Å². The van der Waals surface area contributed by atoms with E-state index in [1.54, 1.807) is 18.2 Å². The van der Waals surface area contributed by atoms with Crippen LogP contribution in [0.4, 0.5) is 8.78 Å². The fourth-order valence-electron chi connectivity index (χ4n) is 4.77. The lowest BCUT2D eigenvalue weighted by molar-refractivity contribution is -0.0591. The highest BCUT2D eigenvalue weighted by molar-refractivity contribution is 6.30. The number of pyridine rings is 1. The van der Waals surface area contributed by atoms with E-state index in [2.05, 4.69) is 25.5 Å². The average molecular weight is 555 g/mol. The number of carbonyl (C=O) groups is 1. The summed E-state index contributed by atoms with van der Waals surface area (Å²) in [4.78, 5) is 22.4. The van der Waals surface area contributed by atoms with Crippen molar-refractivity contribution in [1.82, 2.24) is 19.4 Å². The number of halogens is 3. The highest BCUT2D eigenvalue weighted by Gasteiger charge is 2.25. The maximum atomic E-state index is 14.4. The van der Waals surface area contributed by atoms with Gasteiger partial charge in [-0.25, -0.2) is 13.8 Å². The van der Waals surface area contributed by atoms with Gasteiger partial charge in [-0.2, -0.15) is 4.98 Å². The molecule has 11 heteroatoms. The number of fused-ring (bicyclic) bond motifs is 1. The van der Waals surface area contributed by atoms with Crippen LogP contribution in [0, 0.1) is 11.6 Å². The number of aromatic nitrogens is 3. The molecule has 39 heavy (non-hydrogen) atoms. The lowest BCUT2D eigenvalue weighted by Gasteiger charge is -2.29. The minimum Gasteiger partial charge on any atom is -0.471 e. The third kappa shape index (κ3) is 5.45. The van der Waals surface area contributed by atoms with E-state index in [1.807, 2.05) is 0 Å². The third-order valence-corrected chi connectivity index (χ3v) is 7.26. The maximum absolute atomic E-state index is 14.4. The van der Waals surface area contributed by atoms with Crippen molar-refractivity contribution in [3.63, 3.8) is 0 Å². The van der Waals surface area contributed by atoms with E-state index >= 15 is 0 Å². The number of benzene rings is 1. The number of rotatable bonds is 9. The van der Waals surface area contributed by atoms with Crippen molar-refractivity contribution in [2.75, 3.05) is 19.7 Å². The SMILES string of the molecule is O=Cc1cc2c(nc(CN3CC=C(c4ccc(F)c(OCc5ccc(Cl)cc5F)n4)CC3)n2CC2CCO2)o1. The van der Waals surface area contributed by atoms with Crippen molar-refractivity contribution in [2.24, 2.45) is 0 Å². The van der Waals surface area contributed by atoms with Gasteiger partial charge >= 0.3 is 0 Å². The Balaban J connectivity index is 1.14. The Bertz CT molecular complexity index is 1560. The molecular formula is C28H25ClF2N4O4. The Kier molecular flexibility index (Phi) is 7.16. The van der Waals surface area contributed by atoms with Crippen LogP contribution in [0.5, 0.6) is 5.88 Å². The van der Waals surface area contributed by atoms with Crippen LogP contribution in [-0.2, 0) is 24.4 Å². The van der Waals surface area contributed by atoms with E-state index in [9.17, 15) is 13.6 Å². The van der Waals surface area contributed by atoms with Crippen molar-refractivity contribution < 1.29 is 27.5 Å². The highest BCUT2D eigenvalue weighted by Crippen LogP contribution is 2.28. The molecule has 0 N–H and O–H groups in total. The largest absolute Gasteiger partial charge is 0.471 e. The third-order valence-electron chi connectivity index (χ3n) is 7.02. The normalized spacial score (nSPS) is 17.7. The summed E-state index contributed by atoms with van der Waals surface area (Å²) in [6, 6.07) is 8.89. The quantitative estimate of drug-likeness (QED) is 0.255. The van der Waals surface area contributed by atoms with Gasteiger partial charge in [0.2, 0.25) is 5.71 Å². The van der Waals surface area contributed by atoms with Crippen LogP contribution in [0.1, 0.15) is 40.5 Å². The molecule has 2 aliphatic heterocycles. The highest BCUT2D eigenvalue weighted by atomic mass is 35.5. The van der Waals surface area contributed by atoms with Crippen molar-refractivity contribution in [2.45, 2.75) is 38.6 Å². The Morgan fingerprint density at radius 1 is 1.15 bits per heavy atom. The zero-order valence-corrected chi connectivity index (χ0v) is 21.7. The summed E-state index contributed by atoms with van der Waals surface area (Å²) < 4.78 is 47.3. The number of furan rings is 1. The number of ether oxygens (including phenoxy) is 2. The molecule has 1 unspecified atom stereocenters. The summed E-state index contributed by atoms with van der Waals surface area (Å²) in [6.07, 6.45) is 4.54. The summed E-state index contributed by atoms with van der Waals surface area (Å²) in [5.74, 6) is -0.218. The number of hydrogen-bond donors (Lipinski definition) is 0. The Morgan fingerprint density at radius 3 is 2.74 bits per heavy atom. The first kappa shape index (κ1) is 25.7. The molecule has 4 aromatic rings. The molecule has 1 atom stereocenters. The summed E-state index contributed by atoms with van der Waals surface area (Å²) >= 11 is 5.79. The molecule has 0 amide bonds.